The second-order valence-electron chi connectivity index (χ2n) is 5.60. The Bertz CT molecular complexity index is 547. The minimum absolute atomic E-state index is 0.317. The van der Waals surface area contributed by atoms with Crippen molar-refractivity contribution in [3.05, 3.63) is 56.7 Å². The van der Waals surface area contributed by atoms with E-state index in [0.717, 1.165) is 4.34 Å². The molecule has 0 radical (unpaired) electrons. The third-order valence-corrected chi connectivity index (χ3v) is 5.23. The molecule has 114 valence electrons. The van der Waals surface area contributed by atoms with Crippen LogP contribution in [0.1, 0.15) is 61.7 Å². The van der Waals surface area contributed by atoms with E-state index in [9.17, 15) is 0 Å². The Morgan fingerprint density at radius 3 is 2.33 bits per heavy atom. The van der Waals surface area contributed by atoms with E-state index in [1.807, 2.05) is 6.07 Å². The van der Waals surface area contributed by atoms with Gasteiger partial charge in [0.15, 0.2) is 0 Å². The van der Waals surface area contributed by atoms with Crippen molar-refractivity contribution in [2.45, 2.75) is 52.1 Å². The van der Waals surface area contributed by atoms with E-state index in [1.165, 1.54) is 35.3 Å². The fraction of sp³-hybridized carbons (Fsp3) is 0.444. The predicted molar refractivity (Wildman–Crippen MR) is 94.3 cm³/mol. The van der Waals surface area contributed by atoms with Crippen molar-refractivity contribution >= 4 is 22.9 Å². The summed E-state index contributed by atoms with van der Waals surface area (Å²) in [7, 11) is 0. The molecule has 0 saturated heterocycles. The SMILES string of the molecule is CCCCc1ccc(C(C)NC(C)c2ccc(Cl)s2)cc1. The van der Waals surface area contributed by atoms with E-state index in [-0.39, 0.29) is 0 Å². The van der Waals surface area contributed by atoms with E-state index < -0.39 is 0 Å². The molecule has 0 aliphatic rings. The first kappa shape index (κ1) is 16.5. The van der Waals surface area contributed by atoms with Gasteiger partial charge in [0.2, 0.25) is 0 Å². The summed E-state index contributed by atoms with van der Waals surface area (Å²) in [5, 5.41) is 3.64. The summed E-state index contributed by atoms with van der Waals surface area (Å²) in [5.74, 6) is 0. The van der Waals surface area contributed by atoms with Crippen LogP contribution in [0.25, 0.3) is 0 Å². The number of thiophene rings is 1. The highest BCUT2D eigenvalue weighted by atomic mass is 35.5. The number of halogens is 1. The highest BCUT2D eigenvalue weighted by molar-refractivity contribution is 7.16. The molecule has 1 heterocycles. The molecular weight excluding hydrogens is 298 g/mol. The molecule has 1 N–H and O–H groups in total. The minimum Gasteiger partial charge on any atom is -0.303 e. The molecule has 3 heteroatoms. The molecule has 0 aliphatic heterocycles. The summed E-state index contributed by atoms with van der Waals surface area (Å²) < 4.78 is 0.853. The van der Waals surface area contributed by atoms with Crippen LogP contribution in [-0.4, -0.2) is 0 Å². The quantitative estimate of drug-likeness (QED) is 0.644. The molecule has 0 bridgehead atoms. The minimum atomic E-state index is 0.317. The van der Waals surface area contributed by atoms with E-state index >= 15 is 0 Å². The second kappa shape index (κ2) is 7.98. The standard InChI is InChI=1S/C18H24ClNS/c1-4-5-6-15-7-9-16(10-8-15)13(2)20-14(3)17-11-12-18(19)21-17/h7-14,20H,4-6H2,1-3H3. The van der Waals surface area contributed by atoms with Crippen LogP contribution in [0, 0.1) is 0 Å². The van der Waals surface area contributed by atoms with Gasteiger partial charge < -0.3 is 5.32 Å². The van der Waals surface area contributed by atoms with E-state index in [4.69, 9.17) is 11.6 Å². The summed E-state index contributed by atoms with van der Waals surface area (Å²) in [6, 6.07) is 13.7. The van der Waals surface area contributed by atoms with Crippen LogP contribution in [-0.2, 0) is 6.42 Å². The van der Waals surface area contributed by atoms with Gasteiger partial charge in [-0.2, -0.15) is 0 Å². The van der Waals surface area contributed by atoms with E-state index in [0.29, 0.717) is 12.1 Å². The van der Waals surface area contributed by atoms with Gasteiger partial charge >= 0.3 is 0 Å². The lowest BCUT2D eigenvalue weighted by atomic mass is 10.0. The number of hydrogen-bond acceptors (Lipinski definition) is 2. The van der Waals surface area contributed by atoms with Gasteiger partial charge in [-0.25, -0.2) is 0 Å². The zero-order valence-corrected chi connectivity index (χ0v) is 14.6. The molecule has 0 aliphatic carbocycles. The van der Waals surface area contributed by atoms with Gasteiger partial charge in [0.1, 0.15) is 0 Å². The lowest BCUT2D eigenvalue weighted by Gasteiger charge is -2.19. The number of benzene rings is 1. The molecule has 2 aromatic rings. The first-order valence-corrected chi connectivity index (χ1v) is 8.89. The first-order valence-electron chi connectivity index (χ1n) is 7.70. The zero-order valence-electron chi connectivity index (χ0n) is 13.0. The molecule has 0 amide bonds. The third-order valence-electron chi connectivity index (χ3n) is 3.82. The van der Waals surface area contributed by atoms with Gasteiger partial charge in [-0.05, 0) is 49.9 Å². The van der Waals surface area contributed by atoms with Crippen molar-refractivity contribution in [2.24, 2.45) is 0 Å². The molecule has 0 fully saturated rings. The summed E-state index contributed by atoms with van der Waals surface area (Å²) >= 11 is 7.66. The monoisotopic (exact) mass is 321 g/mol. The Morgan fingerprint density at radius 2 is 1.76 bits per heavy atom. The van der Waals surface area contributed by atoms with Crippen LogP contribution in [0.15, 0.2) is 36.4 Å². The van der Waals surface area contributed by atoms with Crippen molar-refractivity contribution in [3.63, 3.8) is 0 Å². The highest BCUT2D eigenvalue weighted by Gasteiger charge is 2.12. The second-order valence-corrected chi connectivity index (χ2v) is 7.34. The lowest BCUT2D eigenvalue weighted by molar-refractivity contribution is 0.500. The number of nitrogens with one attached hydrogen (secondary N) is 1. The normalized spacial score (nSPS) is 14.1. The van der Waals surface area contributed by atoms with Crippen LogP contribution in [0.5, 0.6) is 0 Å². The molecule has 0 saturated carbocycles. The summed E-state index contributed by atoms with van der Waals surface area (Å²) in [5.41, 5.74) is 2.77. The molecule has 2 unspecified atom stereocenters. The Kier molecular flexibility index (Phi) is 6.28. The maximum Gasteiger partial charge on any atom is 0.0931 e. The first-order chi connectivity index (χ1) is 10.1. The average molecular weight is 322 g/mol. The predicted octanol–water partition coefficient (Wildman–Crippen LogP) is 6.16. The Balaban J connectivity index is 1.94. The fourth-order valence-corrected chi connectivity index (χ4v) is 3.54. The molecular formula is C18H24ClNS. The highest BCUT2D eigenvalue weighted by Crippen LogP contribution is 2.28. The summed E-state index contributed by atoms with van der Waals surface area (Å²) in [6.45, 7) is 6.64. The van der Waals surface area contributed by atoms with Gasteiger partial charge in [-0.15, -0.1) is 11.3 Å². The van der Waals surface area contributed by atoms with Crippen LogP contribution in [0.3, 0.4) is 0 Å². The molecule has 21 heavy (non-hydrogen) atoms. The van der Waals surface area contributed by atoms with Crippen LogP contribution in [0.4, 0.5) is 0 Å². The Hall–Kier alpha value is -0.830. The van der Waals surface area contributed by atoms with E-state index in [2.05, 4.69) is 56.4 Å². The number of hydrogen-bond donors (Lipinski definition) is 1. The van der Waals surface area contributed by atoms with Crippen molar-refractivity contribution < 1.29 is 0 Å². The third kappa shape index (κ3) is 4.84. The van der Waals surface area contributed by atoms with Gasteiger partial charge in [-0.1, -0.05) is 49.2 Å². The number of rotatable bonds is 7. The topological polar surface area (TPSA) is 12.0 Å². The number of unbranched alkanes of at least 4 members (excludes halogenated alkanes) is 1. The van der Waals surface area contributed by atoms with Gasteiger partial charge in [0.05, 0.1) is 4.34 Å². The maximum absolute atomic E-state index is 6.01. The van der Waals surface area contributed by atoms with Gasteiger partial charge in [0, 0.05) is 17.0 Å². The van der Waals surface area contributed by atoms with Crippen molar-refractivity contribution in [2.75, 3.05) is 0 Å². The zero-order chi connectivity index (χ0) is 15.2. The Morgan fingerprint density at radius 1 is 1.05 bits per heavy atom. The average Bonchev–Trinajstić information content (AvgIpc) is 2.92. The Labute approximate surface area is 137 Å². The van der Waals surface area contributed by atoms with Crippen LogP contribution >= 0.6 is 22.9 Å². The molecule has 0 spiro atoms. The smallest absolute Gasteiger partial charge is 0.0931 e. The van der Waals surface area contributed by atoms with Crippen LogP contribution in [0.2, 0.25) is 4.34 Å². The molecule has 1 aromatic heterocycles. The van der Waals surface area contributed by atoms with Crippen molar-refractivity contribution in [1.29, 1.82) is 0 Å². The lowest BCUT2D eigenvalue weighted by Crippen LogP contribution is -2.21. The molecule has 1 nitrogen and oxygen atoms in total. The maximum atomic E-state index is 6.01. The molecule has 2 rings (SSSR count). The van der Waals surface area contributed by atoms with Gasteiger partial charge in [-0.3, -0.25) is 0 Å². The van der Waals surface area contributed by atoms with Crippen molar-refractivity contribution in [1.82, 2.24) is 5.32 Å². The van der Waals surface area contributed by atoms with Crippen molar-refractivity contribution in [3.8, 4) is 0 Å². The fourth-order valence-electron chi connectivity index (χ4n) is 2.47. The molecule has 2 atom stereocenters. The largest absolute Gasteiger partial charge is 0.303 e. The summed E-state index contributed by atoms with van der Waals surface area (Å²) in [6.07, 6.45) is 3.70. The van der Waals surface area contributed by atoms with Gasteiger partial charge in [0.25, 0.3) is 0 Å². The molecule has 1 aromatic carbocycles. The summed E-state index contributed by atoms with van der Waals surface area (Å²) in [4.78, 5) is 1.28. The number of aryl methyl sites for hydroxylation is 1. The van der Waals surface area contributed by atoms with E-state index in [1.54, 1.807) is 11.3 Å². The van der Waals surface area contributed by atoms with Crippen LogP contribution < -0.4 is 5.32 Å².